The Hall–Kier alpha value is -1.11. The highest BCUT2D eigenvalue weighted by Gasteiger charge is 2.18. The first-order valence-corrected chi connectivity index (χ1v) is 5.92. The molecule has 1 aromatic rings. The number of nitrogens with zero attached hydrogens (tertiary/aromatic N) is 1. The summed E-state index contributed by atoms with van der Waals surface area (Å²) < 4.78 is 9.92. The van der Waals surface area contributed by atoms with Gasteiger partial charge in [-0.05, 0) is 27.2 Å². The molecule has 2 atom stereocenters. The molecule has 0 aliphatic rings. The van der Waals surface area contributed by atoms with E-state index in [9.17, 15) is 4.79 Å². The van der Waals surface area contributed by atoms with Gasteiger partial charge in [0.05, 0.1) is 12.3 Å². The number of halogens is 1. The van der Waals surface area contributed by atoms with Crippen LogP contribution in [0.5, 0.6) is 0 Å². The number of aromatic nitrogens is 1. The van der Waals surface area contributed by atoms with E-state index in [2.05, 4.69) is 10.5 Å². The third-order valence-electron chi connectivity index (χ3n) is 2.76. The van der Waals surface area contributed by atoms with Crippen molar-refractivity contribution in [2.24, 2.45) is 5.73 Å². The van der Waals surface area contributed by atoms with E-state index in [1.807, 2.05) is 20.8 Å². The van der Waals surface area contributed by atoms with E-state index in [0.717, 1.165) is 17.0 Å². The van der Waals surface area contributed by atoms with Crippen molar-refractivity contribution >= 4 is 18.3 Å². The maximum absolute atomic E-state index is 11.7. The Balaban J connectivity index is 0.00000324. The van der Waals surface area contributed by atoms with Gasteiger partial charge in [0.2, 0.25) is 5.91 Å². The van der Waals surface area contributed by atoms with Crippen LogP contribution in [0.3, 0.4) is 0 Å². The lowest BCUT2D eigenvalue weighted by Gasteiger charge is -2.17. The number of ether oxygens (including phenoxy) is 1. The zero-order chi connectivity index (χ0) is 13.7. The summed E-state index contributed by atoms with van der Waals surface area (Å²) in [5.74, 6) is 0.575. The van der Waals surface area contributed by atoms with Gasteiger partial charge in [0.1, 0.15) is 11.8 Å². The van der Waals surface area contributed by atoms with Crippen LogP contribution < -0.4 is 11.1 Å². The largest absolute Gasteiger partial charge is 0.383 e. The topological polar surface area (TPSA) is 90.4 Å². The zero-order valence-electron chi connectivity index (χ0n) is 11.7. The fourth-order valence-electron chi connectivity index (χ4n) is 1.76. The average molecular weight is 292 g/mol. The van der Waals surface area contributed by atoms with Crippen LogP contribution in [0.1, 0.15) is 23.9 Å². The second-order valence-electron chi connectivity index (χ2n) is 4.48. The fraction of sp³-hybridized carbons (Fsp3) is 0.667. The Morgan fingerprint density at radius 2 is 2.16 bits per heavy atom. The number of hydrogen-bond donors (Lipinski definition) is 2. The monoisotopic (exact) mass is 291 g/mol. The fourth-order valence-corrected chi connectivity index (χ4v) is 1.76. The van der Waals surface area contributed by atoms with Crippen LogP contribution in [-0.4, -0.2) is 36.9 Å². The van der Waals surface area contributed by atoms with Gasteiger partial charge in [-0.25, -0.2) is 0 Å². The Bertz CT molecular complexity index is 389. The van der Waals surface area contributed by atoms with Crippen LogP contribution in [-0.2, 0) is 16.0 Å². The number of rotatable bonds is 6. The molecule has 0 aliphatic carbocycles. The molecular formula is C12H22ClN3O3. The molecule has 19 heavy (non-hydrogen) atoms. The Morgan fingerprint density at radius 3 is 2.63 bits per heavy atom. The number of aryl methyl sites for hydroxylation is 2. The van der Waals surface area contributed by atoms with Gasteiger partial charge in [-0.1, -0.05) is 5.16 Å². The van der Waals surface area contributed by atoms with Crippen molar-refractivity contribution in [1.29, 1.82) is 0 Å². The van der Waals surface area contributed by atoms with Crippen molar-refractivity contribution in [3.05, 3.63) is 17.0 Å². The molecule has 0 fully saturated rings. The molecule has 0 radical (unpaired) electrons. The Labute approximate surface area is 119 Å². The smallest absolute Gasteiger partial charge is 0.239 e. The predicted molar refractivity (Wildman–Crippen MR) is 74.4 cm³/mol. The highest BCUT2D eigenvalue weighted by Crippen LogP contribution is 2.14. The van der Waals surface area contributed by atoms with E-state index in [-0.39, 0.29) is 31.0 Å². The molecule has 7 heteroatoms. The van der Waals surface area contributed by atoms with Gasteiger partial charge in [0.15, 0.2) is 0 Å². The van der Waals surface area contributed by atoms with Crippen molar-refractivity contribution in [3.8, 4) is 0 Å². The van der Waals surface area contributed by atoms with Crippen LogP contribution in [0.25, 0.3) is 0 Å². The molecule has 0 spiro atoms. The molecule has 1 rings (SSSR count). The van der Waals surface area contributed by atoms with Crippen LogP contribution in [0.2, 0.25) is 0 Å². The SMILES string of the molecule is COCC(N)C(=O)NC(C)Cc1c(C)noc1C.Cl. The summed E-state index contributed by atoms with van der Waals surface area (Å²) in [6.45, 7) is 5.88. The number of nitrogens with two attached hydrogens (primary N) is 1. The Morgan fingerprint density at radius 1 is 1.53 bits per heavy atom. The van der Waals surface area contributed by atoms with Crippen LogP contribution >= 0.6 is 12.4 Å². The number of hydrogen-bond acceptors (Lipinski definition) is 5. The van der Waals surface area contributed by atoms with Crippen molar-refractivity contribution < 1.29 is 14.1 Å². The van der Waals surface area contributed by atoms with Gasteiger partial charge in [0.25, 0.3) is 0 Å². The highest BCUT2D eigenvalue weighted by atomic mass is 35.5. The molecule has 6 nitrogen and oxygen atoms in total. The molecule has 2 unspecified atom stereocenters. The maximum Gasteiger partial charge on any atom is 0.239 e. The van der Waals surface area contributed by atoms with E-state index in [1.54, 1.807) is 0 Å². The molecule has 0 aliphatic heterocycles. The molecule has 3 N–H and O–H groups in total. The van der Waals surface area contributed by atoms with E-state index in [1.165, 1.54) is 7.11 Å². The summed E-state index contributed by atoms with van der Waals surface area (Å²) >= 11 is 0. The summed E-state index contributed by atoms with van der Waals surface area (Å²) in [6, 6.07) is -0.667. The molecule has 1 aromatic heterocycles. The van der Waals surface area contributed by atoms with Crippen LogP contribution in [0, 0.1) is 13.8 Å². The van der Waals surface area contributed by atoms with Gasteiger partial charge in [0, 0.05) is 18.7 Å². The maximum atomic E-state index is 11.7. The van der Waals surface area contributed by atoms with Crippen molar-refractivity contribution in [1.82, 2.24) is 10.5 Å². The summed E-state index contributed by atoms with van der Waals surface area (Å²) in [7, 11) is 1.51. The minimum atomic E-state index is -0.637. The lowest BCUT2D eigenvalue weighted by atomic mass is 10.1. The van der Waals surface area contributed by atoms with E-state index in [0.29, 0.717) is 6.42 Å². The van der Waals surface area contributed by atoms with E-state index < -0.39 is 6.04 Å². The molecule has 110 valence electrons. The standard InChI is InChI=1S/C12H21N3O3.ClH/c1-7(14-12(16)11(13)6-17-4)5-10-8(2)15-18-9(10)3;/h7,11H,5-6,13H2,1-4H3,(H,14,16);1H. The van der Waals surface area contributed by atoms with Gasteiger partial charge < -0.3 is 20.3 Å². The predicted octanol–water partition coefficient (Wildman–Crippen LogP) is 0.734. The molecule has 1 amide bonds. The van der Waals surface area contributed by atoms with Crippen molar-refractivity contribution in [2.75, 3.05) is 13.7 Å². The second-order valence-corrected chi connectivity index (χ2v) is 4.48. The van der Waals surface area contributed by atoms with Gasteiger partial charge in [-0.15, -0.1) is 12.4 Å². The zero-order valence-corrected chi connectivity index (χ0v) is 12.5. The quantitative estimate of drug-likeness (QED) is 0.806. The number of nitrogens with one attached hydrogen (secondary N) is 1. The molecule has 0 aromatic carbocycles. The van der Waals surface area contributed by atoms with Gasteiger partial charge in [-0.2, -0.15) is 0 Å². The molecule has 0 saturated heterocycles. The highest BCUT2D eigenvalue weighted by molar-refractivity contribution is 5.85. The lowest BCUT2D eigenvalue weighted by Crippen LogP contribution is -2.47. The minimum Gasteiger partial charge on any atom is -0.383 e. The average Bonchev–Trinajstić information content (AvgIpc) is 2.61. The summed E-state index contributed by atoms with van der Waals surface area (Å²) in [4.78, 5) is 11.7. The first kappa shape index (κ1) is 17.9. The van der Waals surface area contributed by atoms with Crippen LogP contribution in [0.15, 0.2) is 4.52 Å². The molecule has 1 heterocycles. The first-order valence-electron chi connectivity index (χ1n) is 5.92. The van der Waals surface area contributed by atoms with Gasteiger partial charge in [-0.3, -0.25) is 4.79 Å². The first-order chi connectivity index (χ1) is 8.45. The second kappa shape index (κ2) is 8.14. The molecule has 0 bridgehead atoms. The van der Waals surface area contributed by atoms with Crippen molar-refractivity contribution in [3.63, 3.8) is 0 Å². The minimum absolute atomic E-state index is 0. The molecular weight excluding hydrogens is 270 g/mol. The number of carbonyl (C=O) groups excluding carboxylic acids is 1. The third-order valence-corrected chi connectivity index (χ3v) is 2.76. The van der Waals surface area contributed by atoms with E-state index in [4.69, 9.17) is 15.0 Å². The lowest BCUT2D eigenvalue weighted by molar-refractivity contribution is -0.124. The number of carbonyl (C=O) groups is 1. The van der Waals surface area contributed by atoms with Gasteiger partial charge >= 0.3 is 0 Å². The third kappa shape index (κ3) is 5.18. The van der Waals surface area contributed by atoms with Crippen molar-refractivity contribution in [2.45, 2.75) is 39.3 Å². The summed E-state index contributed by atoms with van der Waals surface area (Å²) in [5, 5.41) is 6.72. The Kier molecular flexibility index (Phi) is 7.66. The molecule has 0 saturated carbocycles. The number of methoxy groups -OCH3 is 1. The summed E-state index contributed by atoms with van der Waals surface area (Å²) in [5.41, 5.74) is 7.53. The number of amides is 1. The summed E-state index contributed by atoms with van der Waals surface area (Å²) in [6.07, 6.45) is 0.673. The normalized spacial score (nSPS) is 13.5. The van der Waals surface area contributed by atoms with E-state index >= 15 is 0 Å². The van der Waals surface area contributed by atoms with Crippen LogP contribution in [0.4, 0.5) is 0 Å².